The summed E-state index contributed by atoms with van der Waals surface area (Å²) < 4.78 is 8.46. The highest BCUT2D eigenvalue weighted by Crippen LogP contribution is 2.25. The number of aryl methyl sites for hydroxylation is 1. The first-order valence-electron chi connectivity index (χ1n) is 11.8. The number of benzene rings is 2. The molecule has 0 spiro atoms. The number of aromatic nitrogens is 4. The summed E-state index contributed by atoms with van der Waals surface area (Å²) in [6.07, 6.45) is 0.321. The van der Waals surface area contributed by atoms with E-state index in [1.807, 2.05) is 45.0 Å². The average molecular weight is 517 g/mol. The number of hydrogen-bond acceptors (Lipinski definition) is 6. The Bertz CT molecular complexity index is 1660. The summed E-state index contributed by atoms with van der Waals surface area (Å²) in [7, 11) is 0. The van der Waals surface area contributed by atoms with E-state index in [0.29, 0.717) is 41.7 Å². The lowest BCUT2D eigenvalue weighted by atomic mass is 9.99. The molecule has 188 valence electrons. The van der Waals surface area contributed by atoms with Crippen LogP contribution in [-0.2, 0) is 17.7 Å². The first-order valence-corrected chi connectivity index (χ1v) is 12.2. The average Bonchev–Trinajstić information content (AvgIpc) is 3.21. The number of rotatable bonds is 2. The number of halogens is 1. The number of carbonyl (C=O) groups excluding carboxylic acids is 1. The fourth-order valence-electron chi connectivity index (χ4n) is 4.51. The number of hydrogen-bond donors (Lipinski definition) is 0. The maximum Gasteiger partial charge on any atom is 0.410 e. The van der Waals surface area contributed by atoms with Gasteiger partial charge in [-0.05, 0) is 75.6 Å². The van der Waals surface area contributed by atoms with Gasteiger partial charge in [-0.2, -0.15) is 10.4 Å². The predicted molar refractivity (Wildman–Crippen MR) is 139 cm³/mol. The summed E-state index contributed by atoms with van der Waals surface area (Å²) in [5.74, 6) is 0.416. The molecule has 5 rings (SSSR count). The molecule has 0 aliphatic carbocycles. The van der Waals surface area contributed by atoms with Crippen molar-refractivity contribution in [2.45, 2.75) is 46.3 Å². The van der Waals surface area contributed by atoms with E-state index in [2.05, 4.69) is 10.1 Å². The molecule has 0 N–H and O–H groups in total. The highest BCUT2D eigenvalue weighted by atomic mass is 35.5. The first kappa shape index (κ1) is 24.5. The van der Waals surface area contributed by atoms with Crippen molar-refractivity contribution in [3.8, 4) is 17.4 Å². The third kappa shape index (κ3) is 4.56. The zero-order valence-corrected chi connectivity index (χ0v) is 21.7. The van der Waals surface area contributed by atoms with Gasteiger partial charge in [0.25, 0.3) is 5.56 Å². The predicted octanol–water partition coefficient (Wildman–Crippen LogP) is 4.70. The molecular formula is C27H25ClN6O3. The summed E-state index contributed by atoms with van der Waals surface area (Å²) >= 11 is 6.17. The Balaban J connectivity index is 1.62. The Morgan fingerprint density at radius 3 is 2.62 bits per heavy atom. The Morgan fingerprint density at radius 1 is 1.14 bits per heavy atom. The second-order valence-electron chi connectivity index (χ2n) is 9.95. The minimum Gasteiger partial charge on any atom is -0.444 e. The molecule has 1 aliphatic rings. The number of ether oxygens (including phenoxy) is 1. The van der Waals surface area contributed by atoms with E-state index >= 15 is 0 Å². The molecule has 0 fully saturated rings. The van der Waals surface area contributed by atoms with Crippen molar-refractivity contribution in [1.29, 1.82) is 5.26 Å². The molecule has 0 bridgehead atoms. The van der Waals surface area contributed by atoms with Gasteiger partial charge in [-0.25, -0.2) is 14.5 Å². The standard InChI is InChI=1S/C27H25ClN6O3/c1-16-30-23-22(14-29)31-34(21-7-5-6-19(28)13-21)24(23)25(35)33(16)20-9-8-17-10-11-32(15-18(17)12-20)26(36)37-27(2,3)4/h5-9,12-13H,10-11,15H2,1-4H3. The summed E-state index contributed by atoms with van der Waals surface area (Å²) in [4.78, 5) is 32.8. The highest BCUT2D eigenvalue weighted by Gasteiger charge is 2.27. The number of nitrogens with zero attached hydrogens (tertiary/aromatic N) is 6. The lowest BCUT2D eigenvalue weighted by molar-refractivity contribution is 0.0224. The topological polar surface area (TPSA) is 106 Å². The van der Waals surface area contributed by atoms with E-state index < -0.39 is 5.60 Å². The van der Waals surface area contributed by atoms with Gasteiger partial charge < -0.3 is 9.64 Å². The van der Waals surface area contributed by atoms with E-state index in [0.717, 1.165) is 11.1 Å². The molecule has 3 heterocycles. The second-order valence-corrected chi connectivity index (χ2v) is 10.4. The molecule has 0 unspecified atom stereocenters. The van der Waals surface area contributed by atoms with Crippen LogP contribution in [0.5, 0.6) is 0 Å². The van der Waals surface area contributed by atoms with Crippen LogP contribution in [0.2, 0.25) is 5.02 Å². The molecule has 0 saturated carbocycles. The number of nitriles is 1. The molecule has 37 heavy (non-hydrogen) atoms. The first-order chi connectivity index (χ1) is 17.6. The van der Waals surface area contributed by atoms with Gasteiger partial charge in [0.2, 0.25) is 0 Å². The minimum absolute atomic E-state index is 0.0563. The van der Waals surface area contributed by atoms with Crippen LogP contribution in [0, 0.1) is 18.3 Å². The van der Waals surface area contributed by atoms with Crippen molar-refractivity contribution >= 4 is 28.7 Å². The lowest BCUT2D eigenvalue weighted by Gasteiger charge is -2.31. The van der Waals surface area contributed by atoms with Crippen LogP contribution in [-0.4, -0.2) is 42.5 Å². The molecule has 0 saturated heterocycles. The summed E-state index contributed by atoms with van der Waals surface area (Å²) in [5, 5.41) is 14.5. The van der Waals surface area contributed by atoms with Crippen LogP contribution >= 0.6 is 11.6 Å². The summed E-state index contributed by atoms with van der Waals surface area (Å²) in [6, 6.07) is 14.7. The number of fused-ring (bicyclic) bond motifs is 2. The van der Waals surface area contributed by atoms with Crippen molar-refractivity contribution in [3.05, 3.63) is 80.5 Å². The van der Waals surface area contributed by atoms with E-state index in [1.165, 1.54) is 9.25 Å². The fraction of sp³-hybridized carbons (Fsp3) is 0.296. The molecule has 0 atom stereocenters. The monoisotopic (exact) mass is 516 g/mol. The van der Waals surface area contributed by atoms with E-state index in [9.17, 15) is 14.9 Å². The molecule has 1 amide bonds. The zero-order valence-electron chi connectivity index (χ0n) is 20.9. The smallest absolute Gasteiger partial charge is 0.410 e. The largest absolute Gasteiger partial charge is 0.444 e. The third-order valence-electron chi connectivity index (χ3n) is 6.13. The zero-order chi connectivity index (χ0) is 26.5. The fourth-order valence-corrected chi connectivity index (χ4v) is 4.70. The van der Waals surface area contributed by atoms with E-state index in [-0.39, 0.29) is 28.4 Å². The van der Waals surface area contributed by atoms with E-state index in [1.54, 1.807) is 36.1 Å². The van der Waals surface area contributed by atoms with Crippen LogP contribution in [0.15, 0.2) is 47.3 Å². The van der Waals surface area contributed by atoms with Crippen molar-refractivity contribution in [2.24, 2.45) is 0 Å². The van der Waals surface area contributed by atoms with Gasteiger partial charge in [0.1, 0.15) is 23.0 Å². The molecule has 4 aromatic rings. The van der Waals surface area contributed by atoms with Gasteiger partial charge in [-0.1, -0.05) is 23.7 Å². The quantitative estimate of drug-likeness (QED) is 0.382. The maximum atomic E-state index is 13.9. The number of amides is 1. The van der Waals surface area contributed by atoms with Crippen LogP contribution < -0.4 is 5.56 Å². The van der Waals surface area contributed by atoms with Crippen molar-refractivity contribution in [3.63, 3.8) is 0 Å². The van der Waals surface area contributed by atoms with Crippen LogP contribution in [0.3, 0.4) is 0 Å². The van der Waals surface area contributed by atoms with Crippen LogP contribution in [0.25, 0.3) is 22.4 Å². The van der Waals surface area contributed by atoms with Gasteiger partial charge in [0.05, 0.1) is 11.4 Å². The van der Waals surface area contributed by atoms with E-state index in [4.69, 9.17) is 16.3 Å². The van der Waals surface area contributed by atoms with Crippen LogP contribution in [0.1, 0.15) is 43.4 Å². The van der Waals surface area contributed by atoms with Crippen molar-refractivity contribution < 1.29 is 9.53 Å². The third-order valence-corrected chi connectivity index (χ3v) is 6.37. The van der Waals surface area contributed by atoms with Gasteiger partial charge in [-0.15, -0.1) is 0 Å². The highest BCUT2D eigenvalue weighted by molar-refractivity contribution is 6.30. The Hall–Kier alpha value is -4.16. The summed E-state index contributed by atoms with van der Waals surface area (Å²) in [5.41, 5.74) is 2.72. The van der Waals surface area contributed by atoms with Gasteiger partial charge in [-0.3, -0.25) is 9.36 Å². The van der Waals surface area contributed by atoms with Crippen molar-refractivity contribution in [1.82, 2.24) is 24.2 Å². The molecule has 1 aliphatic heterocycles. The Morgan fingerprint density at radius 2 is 1.92 bits per heavy atom. The molecule has 9 nitrogen and oxygen atoms in total. The second kappa shape index (κ2) is 9.05. The number of carbonyl (C=O) groups is 1. The SMILES string of the molecule is Cc1nc2c(C#N)nn(-c3cccc(Cl)c3)c2c(=O)n1-c1ccc2c(c1)CN(C(=O)OC(C)(C)C)CC2. The summed E-state index contributed by atoms with van der Waals surface area (Å²) in [6.45, 7) is 8.16. The lowest BCUT2D eigenvalue weighted by Crippen LogP contribution is -2.40. The molecule has 2 aromatic carbocycles. The minimum atomic E-state index is -0.584. The molecule has 10 heteroatoms. The Labute approximate surface area is 218 Å². The van der Waals surface area contributed by atoms with Gasteiger partial charge >= 0.3 is 6.09 Å². The normalized spacial score (nSPS) is 13.4. The van der Waals surface area contributed by atoms with Gasteiger partial charge in [0, 0.05) is 18.1 Å². The maximum absolute atomic E-state index is 13.9. The van der Waals surface area contributed by atoms with Crippen LogP contribution in [0.4, 0.5) is 4.79 Å². The molecular weight excluding hydrogens is 492 g/mol. The van der Waals surface area contributed by atoms with Crippen molar-refractivity contribution in [2.75, 3.05) is 6.54 Å². The Kier molecular flexibility index (Phi) is 6.00. The molecule has 0 radical (unpaired) electrons. The molecule has 2 aromatic heterocycles. The van der Waals surface area contributed by atoms with Gasteiger partial charge in [0.15, 0.2) is 11.2 Å².